The second-order valence-corrected chi connectivity index (χ2v) is 4.22. The van der Waals surface area contributed by atoms with Crippen LogP contribution in [0.3, 0.4) is 0 Å². The monoisotopic (exact) mass is 194 g/mol. The minimum absolute atomic E-state index is 0.434. The molecule has 1 aromatic carbocycles. The third-order valence-electron chi connectivity index (χ3n) is 2.70. The quantitative estimate of drug-likeness (QED) is 0.784. The van der Waals surface area contributed by atoms with E-state index in [9.17, 15) is 9.50 Å². The lowest BCUT2D eigenvalue weighted by Crippen LogP contribution is -2.06. The van der Waals surface area contributed by atoms with Crippen molar-refractivity contribution in [2.45, 2.75) is 38.0 Å². The average Bonchev–Trinajstić information content (AvgIpc) is 2.84. The predicted octanol–water partition coefficient (Wildman–Crippen LogP) is 2.57. The normalized spacial score (nSPS) is 20.5. The van der Waals surface area contributed by atoms with E-state index in [2.05, 4.69) is 0 Å². The van der Waals surface area contributed by atoms with E-state index in [0.29, 0.717) is 6.42 Å². The Morgan fingerprint density at radius 2 is 2.21 bits per heavy atom. The summed E-state index contributed by atoms with van der Waals surface area (Å²) >= 11 is 0. The van der Waals surface area contributed by atoms with Gasteiger partial charge in [-0.15, -0.1) is 0 Å². The van der Waals surface area contributed by atoms with Crippen LogP contribution in [0.15, 0.2) is 24.3 Å². The summed E-state index contributed by atoms with van der Waals surface area (Å²) < 4.78 is 12.8. The molecule has 0 spiro atoms. The molecule has 1 atom stereocenters. The van der Waals surface area contributed by atoms with Gasteiger partial charge in [0, 0.05) is 6.42 Å². The summed E-state index contributed by atoms with van der Waals surface area (Å²) in [7, 11) is 0. The zero-order valence-electron chi connectivity index (χ0n) is 8.33. The second kappa shape index (κ2) is 3.35. The molecule has 0 bridgehead atoms. The molecule has 1 N–H and O–H groups in total. The largest absolute Gasteiger partial charge is 0.385 e. The number of hydrogen-bond donors (Lipinski definition) is 1. The molecule has 0 amide bonds. The van der Waals surface area contributed by atoms with E-state index in [1.807, 2.05) is 24.3 Å². The molecule has 2 rings (SSSR count). The van der Waals surface area contributed by atoms with Crippen LogP contribution in [0.4, 0.5) is 4.39 Å². The Morgan fingerprint density at radius 3 is 2.79 bits per heavy atom. The maximum Gasteiger partial charge on any atom is 0.101 e. The van der Waals surface area contributed by atoms with Gasteiger partial charge in [0.25, 0.3) is 0 Å². The molecule has 1 aliphatic carbocycles. The van der Waals surface area contributed by atoms with Gasteiger partial charge in [-0.1, -0.05) is 24.3 Å². The topological polar surface area (TPSA) is 20.2 Å². The highest BCUT2D eigenvalue weighted by molar-refractivity contribution is 5.31. The Bertz CT molecular complexity index is 329. The van der Waals surface area contributed by atoms with Crippen molar-refractivity contribution in [3.63, 3.8) is 0 Å². The summed E-state index contributed by atoms with van der Waals surface area (Å²) in [5.41, 5.74) is 1.31. The molecule has 0 aliphatic heterocycles. The van der Waals surface area contributed by atoms with Crippen molar-refractivity contribution in [2.24, 2.45) is 0 Å². The van der Waals surface area contributed by atoms with E-state index in [1.165, 1.54) is 0 Å². The van der Waals surface area contributed by atoms with Crippen LogP contribution in [0.5, 0.6) is 0 Å². The molecular weight excluding hydrogens is 179 g/mol. The van der Waals surface area contributed by atoms with Gasteiger partial charge in [0.2, 0.25) is 0 Å². The van der Waals surface area contributed by atoms with Gasteiger partial charge in [-0.25, -0.2) is 4.39 Å². The number of alkyl halides is 1. The first kappa shape index (κ1) is 9.66. The average molecular weight is 194 g/mol. The molecule has 1 fully saturated rings. The molecule has 14 heavy (non-hydrogen) atoms. The standard InChI is InChI=1S/C12H15FO/c1-9(13)7-10-3-2-4-11(8-10)12(14)5-6-12/h2-4,8-9,14H,5-7H2,1H3. The first-order valence-electron chi connectivity index (χ1n) is 5.06. The Labute approximate surface area is 83.6 Å². The van der Waals surface area contributed by atoms with Crippen molar-refractivity contribution in [1.29, 1.82) is 0 Å². The number of halogens is 1. The predicted molar refractivity (Wildman–Crippen MR) is 53.8 cm³/mol. The summed E-state index contributed by atoms with van der Waals surface area (Å²) in [5.74, 6) is 0. The molecule has 0 heterocycles. The molecular formula is C12H15FO. The van der Waals surface area contributed by atoms with E-state index in [-0.39, 0.29) is 0 Å². The summed E-state index contributed by atoms with van der Waals surface area (Å²) in [4.78, 5) is 0. The third-order valence-corrected chi connectivity index (χ3v) is 2.70. The molecule has 0 radical (unpaired) electrons. The van der Waals surface area contributed by atoms with E-state index in [0.717, 1.165) is 24.0 Å². The lowest BCUT2D eigenvalue weighted by Gasteiger charge is -2.10. The summed E-state index contributed by atoms with van der Waals surface area (Å²) in [6, 6.07) is 7.64. The number of benzene rings is 1. The maximum atomic E-state index is 12.8. The minimum Gasteiger partial charge on any atom is -0.385 e. The van der Waals surface area contributed by atoms with Gasteiger partial charge in [-0.05, 0) is 30.9 Å². The highest BCUT2D eigenvalue weighted by Gasteiger charge is 2.41. The minimum atomic E-state index is -0.820. The number of hydrogen-bond acceptors (Lipinski definition) is 1. The summed E-state index contributed by atoms with van der Waals surface area (Å²) in [6.45, 7) is 1.55. The zero-order valence-corrected chi connectivity index (χ0v) is 8.33. The van der Waals surface area contributed by atoms with Gasteiger partial charge in [0.15, 0.2) is 0 Å². The van der Waals surface area contributed by atoms with E-state index < -0.39 is 11.8 Å². The molecule has 2 heteroatoms. The van der Waals surface area contributed by atoms with Crippen LogP contribution in [0.2, 0.25) is 0 Å². The summed E-state index contributed by atoms with van der Waals surface area (Å²) in [6.07, 6.45) is 1.28. The number of aliphatic hydroxyl groups is 1. The zero-order chi connectivity index (χ0) is 10.2. The molecule has 1 nitrogen and oxygen atoms in total. The Kier molecular flexibility index (Phi) is 2.31. The van der Waals surface area contributed by atoms with E-state index in [1.54, 1.807) is 6.92 Å². The lowest BCUT2D eigenvalue weighted by molar-refractivity contribution is 0.151. The van der Waals surface area contributed by atoms with Crippen molar-refractivity contribution in [2.75, 3.05) is 0 Å². The molecule has 1 aliphatic rings. The van der Waals surface area contributed by atoms with Crippen molar-refractivity contribution < 1.29 is 9.50 Å². The molecule has 1 saturated carbocycles. The van der Waals surface area contributed by atoms with Crippen LogP contribution in [0.25, 0.3) is 0 Å². The van der Waals surface area contributed by atoms with E-state index >= 15 is 0 Å². The van der Waals surface area contributed by atoms with Crippen LogP contribution in [0, 0.1) is 0 Å². The van der Waals surface area contributed by atoms with Crippen molar-refractivity contribution >= 4 is 0 Å². The van der Waals surface area contributed by atoms with Crippen molar-refractivity contribution in [1.82, 2.24) is 0 Å². The second-order valence-electron chi connectivity index (χ2n) is 4.22. The Hall–Kier alpha value is -0.890. The van der Waals surface area contributed by atoms with Gasteiger partial charge in [-0.2, -0.15) is 0 Å². The molecule has 1 aromatic rings. The first-order valence-corrected chi connectivity index (χ1v) is 5.06. The first-order chi connectivity index (χ1) is 6.60. The third kappa shape index (κ3) is 1.95. The van der Waals surface area contributed by atoms with Crippen LogP contribution in [0.1, 0.15) is 30.9 Å². The fourth-order valence-corrected chi connectivity index (χ4v) is 1.72. The van der Waals surface area contributed by atoms with Crippen LogP contribution < -0.4 is 0 Å². The molecule has 1 unspecified atom stereocenters. The highest BCUT2D eigenvalue weighted by atomic mass is 19.1. The van der Waals surface area contributed by atoms with Crippen molar-refractivity contribution in [3.8, 4) is 0 Å². The van der Waals surface area contributed by atoms with Gasteiger partial charge >= 0.3 is 0 Å². The Morgan fingerprint density at radius 1 is 1.50 bits per heavy atom. The smallest absolute Gasteiger partial charge is 0.101 e. The number of rotatable bonds is 3. The Balaban J connectivity index is 2.19. The van der Waals surface area contributed by atoms with Crippen molar-refractivity contribution in [3.05, 3.63) is 35.4 Å². The van der Waals surface area contributed by atoms with E-state index in [4.69, 9.17) is 0 Å². The van der Waals surface area contributed by atoms with Crippen LogP contribution in [-0.4, -0.2) is 11.3 Å². The molecule has 0 aromatic heterocycles. The van der Waals surface area contributed by atoms with Gasteiger partial charge < -0.3 is 5.11 Å². The fourth-order valence-electron chi connectivity index (χ4n) is 1.72. The van der Waals surface area contributed by atoms with Crippen LogP contribution in [-0.2, 0) is 12.0 Å². The highest BCUT2D eigenvalue weighted by Crippen LogP contribution is 2.45. The molecule has 76 valence electrons. The van der Waals surface area contributed by atoms with Gasteiger partial charge in [0.05, 0.1) is 5.60 Å². The van der Waals surface area contributed by atoms with Gasteiger partial charge in [-0.3, -0.25) is 0 Å². The van der Waals surface area contributed by atoms with Crippen LogP contribution >= 0.6 is 0 Å². The van der Waals surface area contributed by atoms with Gasteiger partial charge in [0.1, 0.15) is 6.17 Å². The fraction of sp³-hybridized carbons (Fsp3) is 0.500. The SMILES string of the molecule is CC(F)Cc1cccc(C2(O)CC2)c1. The summed E-state index contributed by atoms with van der Waals surface area (Å²) in [5, 5.41) is 9.86. The maximum absolute atomic E-state index is 12.8. The lowest BCUT2D eigenvalue weighted by atomic mass is 10.0. The molecule has 0 saturated heterocycles.